The van der Waals surface area contributed by atoms with Crippen LogP contribution in [-0.2, 0) is 5.41 Å². The fraction of sp³-hybridized carbons (Fsp3) is 0.0169. The number of fused-ring (bicyclic) bond motifs is 11. The molecule has 10 aromatic carbocycles. The van der Waals surface area contributed by atoms with Gasteiger partial charge in [0, 0.05) is 49.4 Å². The molecule has 0 aliphatic heterocycles. The number of hydrogen-bond acceptors (Lipinski definition) is 3. The van der Waals surface area contributed by atoms with Crippen LogP contribution in [0.1, 0.15) is 22.3 Å². The number of nitrogens with zero attached hydrogens (tertiary/aromatic N) is 1. The Kier molecular flexibility index (Phi) is 7.52. The van der Waals surface area contributed by atoms with Gasteiger partial charge in [-0.05, 0) is 87.3 Å². The Balaban J connectivity index is 1.06. The molecular formula is C59H37NO2. The monoisotopic (exact) mass is 791 g/mol. The zero-order chi connectivity index (χ0) is 40.8. The van der Waals surface area contributed by atoms with Gasteiger partial charge in [0.2, 0.25) is 0 Å². The average molecular weight is 792 g/mol. The van der Waals surface area contributed by atoms with Crippen molar-refractivity contribution in [1.82, 2.24) is 0 Å². The summed E-state index contributed by atoms with van der Waals surface area (Å²) in [7, 11) is 0. The topological polar surface area (TPSA) is 29.5 Å². The van der Waals surface area contributed by atoms with Crippen molar-refractivity contribution < 1.29 is 8.83 Å². The molecule has 0 N–H and O–H groups in total. The van der Waals surface area contributed by atoms with Crippen LogP contribution in [0.2, 0.25) is 0 Å². The van der Waals surface area contributed by atoms with Crippen LogP contribution in [0.4, 0.5) is 17.1 Å². The molecule has 12 aromatic rings. The highest BCUT2D eigenvalue weighted by atomic mass is 16.3. The van der Waals surface area contributed by atoms with Crippen molar-refractivity contribution in [2.24, 2.45) is 0 Å². The Morgan fingerprint density at radius 1 is 0.355 bits per heavy atom. The number of furan rings is 2. The summed E-state index contributed by atoms with van der Waals surface area (Å²) in [5, 5.41) is 6.72. The number of rotatable bonds is 6. The largest absolute Gasteiger partial charge is 0.456 e. The Bertz CT molecular complexity index is 3650. The van der Waals surface area contributed by atoms with E-state index in [1.807, 2.05) is 12.1 Å². The molecule has 0 saturated carbocycles. The molecule has 2 heterocycles. The first-order valence-electron chi connectivity index (χ1n) is 21.2. The minimum Gasteiger partial charge on any atom is -0.456 e. The molecule has 1 aliphatic carbocycles. The Labute approximate surface area is 358 Å². The van der Waals surface area contributed by atoms with Crippen LogP contribution in [0, 0.1) is 0 Å². The van der Waals surface area contributed by atoms with Gasteiger partial charge in [-0.15, -0.1) is 0 Å². The summed E-state index contributed by atoms with van der Waals surface area (Å²) in [5.74, 6) is 0. The molecule has 2 aromatic heterocycles. The van der Waals surface area contributed by atoms with Gasteiger partial charge < -0.3 is 13.7 Å². The first kappa shape index (κ1) is 34.7. The van der Waals surface area contributed by atoms with E-state index in [0.29, 0.717) is 0 Å². The van der Waals surface area contributed by atoms with Gasteiger partial charge in [0.05, 0.1) is 11.1 Å². The van der Waals surface area contributed by atoms with Crippen LogP contribution < -0.4 is 4.90 Å². The van der Waals surface area contributed by atoms with E-state index >= 15 is 0 Å². The lowest BCUT2D eigenvalue weighted by molar-refractivity contribution is 0.669. The lowest BCUT2D eigenvalue weighted by atomic mass is 9.67. The van der Waals surface area contributed by atoms with Crippen molar-refractivity contribution in [3.8, 4) is 22.3 Å². The molecule has 13 rings (SSSR count). The lowest BCUT2D eigenvalue weighted by Gasteiger charge is -2.38. The van der Waals surface area contributed by atoms with E-state index < -0.39 is 5.41 Å². The van der Waals surface area contributed by atoms with Crippen LogP contribution >= 0.6 is 0 Å². The van der Waals surface area contributed by atoms with Crippen LogP contribution in [0.5, 0.6) is 0 Å². The van der Waals surface area contributed by atoms with E-state index in [1.54, 1.807) is 0 Å². The maximum Gasteiger partial charge on any atom is 0.143 e. The first-order chi connectivity index (χ1) is 30.8. The van der Waals surface area contributed by atoms with Crippen molar-refractivity contribution >= 4 is 71.7 Å². The van der Waals surface area contributed by atoms with Gasteiger partial charge >= 0.3 is 0 Å². The molecule has 3 nitrogen and oxygen atoms in total. The summed E-state index contributed by atoms with van der Waals surface area (Å²) in [6.07, 6.45) is 0. The van der Waals surface area contributed by atoms with Gasteiger partial charge in [-0.3, -0.25) is 0 Å². The quantitative estimate of drug-likeness (QED) is 0.168. The minimum atomic E-state index is -0.600. The third-order valence-electron chi connectivity index (χ3n) is 13.1. The van der Waals surface area contributed by atoms with Crippen LogP contribution in [-0.4, -0.2) is 0 Å². The Morgan fingerprint density at radius 2 is 0.968 bits per heavy atom. The smallest absolute Gasteiger partial charge is 0.143 e. The average Bonchev–Trinajstić information content (AvgIpc) is 4.01. The third kappa shape index (κ3) is 4.94. The molecule has 3 heteroatoms. The summed E-state index contributed by atoms with van der Waals surface area (Å²) in [6.45, 7) is 0. The number of anilines is 3. The Morgan fingerprint density at radius 3 is 1.79 bits per heavy atom. The summed E-state index contributed by atoms with van der Waals surface area (Å²) in [6, 6.07) is 81.1. The predicted molar refractivity (Wildman–Crippen MR) is 256 cm³/mol. The van der Waals surface area contributed by atoms with E-state index in [0.717, 1.165) is 77.5 Å². The highest BCUT2D eigenvalue weighted by molar-refractivity contribution is 6.17. The van der Waals surface area contributed by atoms with Crippen LogP contribution in [0.25, 0.3) is 76.9 Å². The summed E-state index contributed by atoms with van der Waals surface area (Å²) in [5.41, 5.74) is 15.8. The maximum atomic E-state index is 6.80. The molecule has 0 amide bonds. The maximum absolute atomic E-state index is 6.80. The van der Waals surface area contributed by atoms with E-state index in [9.17, 15) is 0 Å². The van der Waals surface area contributed by atoms with Crippen molar-refractivity contribution in [2.45, 2.75) is 5.41 Å². The molecule has 62 heavy (non-hydrogen) atoms. The standard InChI is InChI=1S/C59H37NO2/c1-3-16-40(17-4-1)59(41-18-5-2-6-19-41)52-26-11-9-21-46(52)48-24-14-27-53(56(48)59)60(43-34-36-55-51(37-43)47-22-10-12-28-54(47)61-55)42-32-29-39(30-33-42)45-23-13-25-49-50-35-31-38-15-7-8-20-44(38)58(50)62-57(45)49/h1-37H. The molecule has 0 bridgehead atoms. The number of benzene rings is 10. The highest BCUT2D eigenvalue weighted by Crippen LogP contribution is 2.60. The van der Waals surface area contributed by atoms with E-state index in [-0.39, 0.29) is 0 Å². The molecule has 0 unspecified atom stereocenters. The molecule has 0 saturated heterocycles. The minimum absolute atomic E-state index is 0.600. The van der Waals surface area contributed by atoms with Gasteiger partial charge in [-0.2, -0.15) is 0 Å². The van der Waals surface area contributed by atoms with Gasteiger partial charge in [-0.1, -0.05) is 176 Å². The van der Waals surface area contributed by atoms with Gasteiger partial charge in [0.15, 0.2) is 0 Å². The molecule has 1 aliphatic rings. The molecule has 0 radical (unpaired) electrons. The summed E-state index contributed by atoms with van der Waals surface area (Å²) >= 11 is 0. The highest BCUT2D eigenvalue weighted by Gasteiger charge is 2.48. The SMILES string of the molecule is c1ccc(C2(c3ccccc3)c3ccccc3-c3cccc(N(c4ccc(-c5cccc6c5oc5c7ccccc7ccc65)cc4)c4ccc5oc6ccccc6c5c4)c32)cc1. The first-order valence-corrected chi connectivity index (χ1v) is 21.2. The zero-order valence-corrected chi connectivity index (χ0v) is 33.6. The van der Waals surface area contributed by atoms with E-state index in [4.69, 9.17) is 8.83 Å². The summed E-state index contributed by atoms with van der Waals surface area (Å²) < 4.78 is 13.2. The molecule has 290 valence electrons. The van der Waals surface area contributed by atoms with Crippen molar-refractivity contribution in [3.63, 3.8) is 0 Å². The molecular weight excluding hydrogens is 755 g/mol. The van der Waals surface area contributed by atoms with Crippen LogP contribution in [0.3, 0.4) is 0 Å². The second kappa shape index (κ2) is 13.4. The van der Waals surface area contributed by atoms with Gasteiger partial charge in [0.25, 0.3) is 0 Å². The Hall–Kier alpha value is -8.14. The fourth-order valence-corrected chi connectivity index (χ4v) is 10.5. The summed E-state index contributed by atoms with van der Waals surface area (Å²) in [4.78, 5) is 2.45. The predicted octanol–water partition coefficient (Wildman–Crippen LogP) is 16.1. The lowest BCUT2D eigenvalue weighted by Crippen LogP contribution is -2.30. The number of hydrogen-bond donors (Lipinski definition) is 0. The van der Waals surface area contributed by atoms with Crippen molar-refractivity contribution in [2.75, 3.05) is 4.90 Å². The van der Waals surface area contributed by atoms with E-state index in [2.05, 4.69) is 217 Å². The number of para-hydroxylation sites is 2. The van der Waals surface area contributed by atoms with E-state index in [1.165, 1.54) is 38.8 Å². The van der Waals surface area contributed by atoms with Crippen molar-refractivity contribution in [3.05, 3.63) is 247 Å². The zero-order valence-electron chi connectivity index (χ0n) is 33.6. The second-order valence-corrected chi connectivity index (χ2v) is 16.3. The van der Waals surface area contributed by atoms with Crippen molar-refractivity contribution in [1.29, 1.82) is 0 Å². The normalized spacial score (nSPS) is 13.0. The van der Waals surface area contributed by atoms with Gasteiger partial charge in [0.1, 0.15) is 22.3 Å². The third-order valence-corrected chi connectivity index (χ3v) is 13.1. The molecule has 0 fully saturated rings. The second-order valence-electron chi connectivity index (χ2n) is 16.3. The molecule has 0 spiro atoms. The van der Waals surface area contributed by atoms with Gasteiger partial charge in [-0.25, -0.2) is 0 Å². The fourth-order valence-electron chi connectivity index (χ4n) is 10.5. The van der Waals surface area contributed by atoms with Crippen LogP contribution in [0.15, 0.2) is 233 Å². The molecule has 0 atom stereocenters.